The zero-order valence-electron chi connectivity index (χ0n) is 10.1. The van der Waals surface area contributed by atoms with Crippen molar-refractivity contribution >= 4 is 9.84 Å². The molecular weight excluding hydrogens is 224 g/mol. The van der Waals surface area contributed by atoms with Gasteiger partial charge in [0.25, 0.3) is 0 Å². The van der Waals surface area contributed by atoms with E-state index in [9.17, 15) is 8.42 Å². The molecule has 1 N–H and O–H groups in total. The number of sulfone groups is 1. The Kier molecular flexibility index (Phi) is 3.56. The van der Waals surface area contributed by atoms with Gasteiger partial charge in [-0.3, -0.25) is 4.90 Å². The van der Waals surface area contributed by atoms with Crippen molar-refractivity contribution < 1.29 is 8.42 Å². The minimum Gasteiger partial charge on any atom is -0.314 e. The van der Waals surface area contributed by atoms with Crippen LogP contribution in [0.3, 0.4) is 0 Å². The molecule has 16 heavy (non-hydrogen) atoms. The first kappa shape index (κ1) is 12.3. The highest BCUT2D eigenvalue weighted by Gasteiger charge is 2.34. The molecule has 1 heterocycles. The molecule has 2 rings (SSSR count). The lowest BCUT2D eigenvalue weighted by Gasteiger charge is -2.43. The second-order valence-corrected chi connectivity index (χ2v) is 7.58. The summed E-state index contributed by atoms with van der Waals surface area (Å²) in [4.78, 5) is 2.38. The maximum absolute atomic E-state index is 11.6. The summed E-state index contributed by atoms with van der Waals surface area (Å²) >= 11 is 0. The van der Waals surface area contributed by atoms with E-state index in [0.717, 1.165) is 38.8 Å². The van der Waals surface area contributed by atoms with Crippen LogP contribution >= 0.6 is 0 Å². The third-order valence-corrected chi connectivity index (χ3v) is 5.75. The van der Waals surface area contributed by atoms with Crippen molar-refractivity contribution in [3.8, 4) is 0 Å². The highest BCUT2D eigenvalue weighted by Crippen LogP contribution is 2.28. The maximum atomic E-state index is 11.6. The van der Waals surface area contributed by atoms with Crippen LogP contribution < -0.4 is 5.32 Å². The van der Waals surface area contributed by atoms with Crippen LogP contribution in [0.2, 0.25) is 0 Å². The average molecular weight is 246 g/mol. The van der Waals surface area contributed by atoms with Gasteiger partial charge in [-0.1, -0.05) is 6.42 Å². The first-order valence-corrected chi connectivity index (χ1v) is 8.05. The topological polar surface area (TPSA) is 49.4 Å². The zero-order valence-corrected chi connectivity index (χ0v) is 11.0. The lowest BCUT2D eigenvalue weighted by Crippen LogP contribution is -2.59. The summed E-state index contributed by atoms with van der Waals surface area (Å²) in [5.74, 6) is 0. The number of likely N-dealkylation sites (N-methyl/N-ethyl adjacent to an activating group) is 1. The number of hydrogen-bond acceptors (Lipinski definition) is 4. The quantitative estimate of drug-likeness (QED) is 0.775. The third kappa shape index (κ3) is 2.57. The molecule has 2 fully saturated rings. The highest BCUT2D eigenvalue weighted by molar-refractivity contribution is 7.91. The number of rotatable bonds is 3. The van der Waals surface area contributed by atoms with Gasteiger partial charge in [-0.25, -0.2) is 8.42 Å². The summed E-state index contributed by atoms with van der Waals surface area (Å²) in [6.07, 6.45) is 5.26. The van der Waals surface area contributed by atoms with E-state index in [4.69, 9.17) is 0 Å². The molecule has 2 unspecified atom stereocenters. The summed E-state index contributed by atoms with van der Waals surface area (Å²) in [6, 6.07) is 1.07. The van der Waals surface area contributed by atoms with E-state index in [-0.39, 0.29) is 5.25 Å². The largest absolute Gasteiger partial charge is 0.314 e. The Morgan fingerprint density at radius 3 is 2.38 bits per heavy atom. The van der Waals surface area contributed by atoms with Gasteiger partial charge in [0.15, 0.2) is 0 Å². The molecule has 1 saturated heterocycles. The van der Waals surface area contributed by atoms with Crippen molar-refractivity contribution in [2.45, 2.75) is 43.0 Å². The van der Waals surface area contributed by atoms with Crippen LogP contribution in [-0.2, 0) is 9.84 Å². The molecule has 1 aliphatic heterocycles. The normalized spacial score (nSPS) is 32.7. The van der Waals surface area contributed by atoms with Crippen molar-refractivity contribution in [3.05, 3.63) is 0 Å². The Bertz CT molecular complexity index is 338. The summed E-state index contributed by atoms with van der Waals surface area (Å²) < 4.78 is 23.2. The minimum atomic E-state index is -2.85. The molecule has 0 spiro atoms. The molecule has 0 radical (unpaired) electrons. The van der Waals surface area contributed by atoms with Gasteiger partial charge in [0.2, 0.25) is 0 Å². The van der Waals surface area contributed by atoms with E-state index in [1.54, 1.807) is 0 Å². The van der Waals surface area contributed by atoms with Crippen molar-refractivity contribution in [3.63, 3.8) is 0 Å². The van der Waals surface area contributed by atoms with Crippen molar-refractivity contribution in [2.24, 2.45) is 0 Å². The lowest BCUT2D eigenvalue weighted by atomic mass is 9.92. The molecule has 0 aromatic heterocycles. The second-order valence-electron chi connectivity index (χ2n) is 5.25. The summed E-state index contributed by atoms with van der Waals surface area (Å²) in [5, 5.41) is 3.15. The monoisotopic (exact) mass is 246 g/mol. The average Bonchev–Trinajstić information content (AvgIpc) is 2.14. The molecule has 2 atom stereocenters. The van der Waals surface area contributed by atoms with Crippen LogP contribution in [0.1, 0.15) is 25.7 Å². The van der Waals surface area contributed by atoms with Gasteiger partial charge < -0.3 is 5.32 Å². The predicted octanol–water partition coefficient (Wildman–Crippen LogP) is 0.246. The Morgan fingerprint density at radius 1 is 1.19 bits per heavy atom. The second kappa shape index (κ2) is 4.63. The standard InChI is InChI=1S/C11H22N2O2S/c1-13(10-7-12-8-10)9-4-3-5-11(6-9)16(2,14)15/h9-12H,3-8H2,1-2H3. The van der Waals surface area contributed by atoms with Gasteiger partial charge in [0.1, 0.15) is 9.84 Å². The fourth-order valence-electron chi connectivity index (χ4n) is 2.74. The molecule has 0 amide bonds. The Hall–Kier alpha value is -0.130. The van der Waals surface area contributed by atoms with Gasteiger partial charge >= 0.3 is 0 Å². The molecule has 5 heteroatoms. The summed E-state index contributed by atoms with van der Waals surface area (Å²) in [5.41, 5.74) is 0. The molecule has 2 aliphatic rings. The van der Waals surface area contributed by atoms with E-state index >= 15 is 0 Å². The SMILES string of the molecule is CN(C1CNC1)C1CCCC(S(C)(=O)=O)C1. The van der Waals surface area contributed by atoms with E-state index in [2.05, 4.69) is 17.3 Å². The summed E-state index contributed by atoms with van der Waals surface area (Å²) in [7, 11) is -0.709. The fraction of sp³-hybridized carbons (Fsp3) is 1.00. The molecule has 0 aromatic carbocycles. The smallest absolute Gasteiger partial charge is 0.150 e. The molecule has 4 nitrogen and oxygen atoms in total. The van der Waals surface area contributed by atoms with E-state index in [1.165, 1.54) is 6.26 Å². The van der Waals surface area contributed by atoms with Crippen molar-refractivity contribution in [2.75, 3.05) is 26.4 Å². The van der Waals surface area contributed by atoms with Gasteiger partial charge in [-0.2, -0.15) is 0 Å². The number of hydrogen-bond donors (Lipinski definition) is 1. The summed E-state index contributed by atoms with van der Waals surface area (Å²) in [6.45, 7) is 2.10. The Morgan fingerprint density at radius 2 is 1.88 bits per heavy atom. The van der Waals surface area contributed by atoms with Crippen LogP contribution in [0, 0.1) is 0 Å². The van der Waals surface area contributed by atoms with Crippen LogP contribution in [-0.4, -0.2) is 57.0 Å². The first-order chi connectivity index (χ1) is 7.48. The van der Waals surface area contributed by atoms with Gasteiger partial charge in [0.05, 0.1) is 5.25 Å². The fourth-order valence-corrected chi connectivity index (χ4v) is 3.91. The van der Waals surface area contributed by atoms with Crippen LogP contribution in [0.15, 0.2) is 0 Å². The zero-order chi connectivity index (χ0) is 11.8. The molecule has 0 bridgehead atoms. The van der Waals surface area contributed by atoms with E-state index in [0.29, 0.717) is 12.1 Å². The Balaban J connectivity index is 1.95. The van der Waals surface area contributed by atoms with Crippen molar-refractivity contribution in [1.29, 1.82) is 0 Å². The lowest BCUT2D eigenvalue weighted by molar-refractivity contribution is 0.103. The molecule has 0 aromatic rings. The Labute approximate surface area is 98.3 Å². The van der Waals surface area contributed by atoms with Crippen molar-refractivity contribution in [1.82, 2.24) is 10.2 Å². The minimum absolute atomic E-state index is 0.110. The maximum Gasteiger partial charge on any atom is 0.150 e. The van der Waals surface area contributed by atoms with Gasteiger partial charge in [-0.05, 0) is 26.3 Å². The molecule has 1 saturated carbocycles. The van der Waals surface area contributed by atoms with Crippen LogP contribution in [0.4, 0.5) is 0 Å². The van der Waals surface area contributed by atoms with E-state index in [1.807, 2.05) is 0 Å². The highest BCUT2D eigenvalue weighted by atomic mass is 32.2. The number of nitrogens with one attached hydrogen (secondary N) is 1. The van der Waals surface area contributed by atoms with Crippen LogP contribution in [0.5, 0.6) is 0 Å². The molecule has 94 valence electrons. The molecular formula is C11H22N2O2S. The van der Waals surface area contributed by atoms with Gasteiger partial charge in [0, 0.05) is 31.4 Å². The first-order valence-electron chi connectivity index (χ1n) is 6.10. The predicted molar refractivity (Wildman–Crippen MR) is 65.3 cm³/mol. The van der Waals surface area contributed by atoms with E-state index < -0.39 is 9.84 Å². The van der Waals surface area contributed by atoms with Gasteiger partial charge in [-0.15, -0.1) is 0 Å². The molecule has 1 aliphatic carbocycles. The number of nitrogens with zero attached hydrogens (tertiary/aromatic N) is 1. The van der Waals surface area contributed by atoms with Crippen LogP contribution in [0.25, 0.3) is 0 Å². The third-order valence-electron chi connectivity index (χ3n) is 4.12.